The van der Waals surface area contributed by atoms with Crippen LogP contribution in [0.2, 0.25) is 0 Å². The van der Waals surface area contributed by atoms with E-state index in [0.717, 1.165) is 25.9 Å². The Labute approximate surface area is 116 Å². The summed E-state index contributed by atoms with van der Waals surface area (Å²) in [4.78, 5) is 25.9. The maximum absolute atomic E-state index is 12.3. The Balaban J connectivity index is 2.04. The van der Waals surface area contributed by atoms with Gasteiger partial charge in [-0.1, -0.05) is 0 Å². The first kappa shape index (κ1) is 13.1. The van der Waals surface area contributed by atoms with Crippen LogP contribution in [0, 0.1) is 0 Å². The quantitative estimate of drug-likeness (QED) is 0.839. The van der Waals surface area contributed by atoms with Crippen molar-refractivity contribution in [1.29, 1.82) is 0 Å². The number of nitrogens with two attached hydrogens (primary N) is 1. The van der Waals surface area contributed by atoms with Crippen LogP contribution in [-0.2, 0) is 0 Å². The van der Waals surface area contributed by atoms with Gasteiger partial charge in [-0.05, 0) is 26.7 Å². The lowest BCUT2D eigenvalue weighted by Gasteiger charge is -2.30. The lowest BCUT2D eigenvalue weighted by molar-refractivity contribution is 0.500. The van der Waals surface area contributed by atoms with Gasteiger partial charge in [-0.3, -0.25) is 9.78 Å². The van der Waals surface area contributed by atoms with Crippen LogP contribution in [0.1, 0.15) is 32.7 Å². The number of hydrogen-bond donors (Lipinski definition) is 2. The molecule has 1 aliphatic rings. The van der Waals surface area contributed by atoms with Gasteiger partial charge in [0.15, 0.2) is 11.2 Å². The standard InChI is InChI=1S/C13H20N6O/c1-8(2)19-7-15-11-10(19)12(20)17-13(16-11)18-5-3-4-9(14)6-18/h7-9H,3-6,14H2,1-2H3,(H,16,17,20)/t9-/m1/s1. The number of fused-ring (bicyclic) bond motifs is 1. The van der Waals surface area contributed by atoms with Gasteiger partial charge < -0.3 is 15.2 Å². The predicted octanol–water partition coefficient (Wildman–Crippen LogP) is 0.628. The van der Waals surface area contributed by atoms with E-state index in [2.05, 4.69) is 15.0 Å². The Morgan fingerprint density at radius 3 is 3.00 bits per heavy atom. The summed E-state index contributed by atoms with van der Waals surface area (Å²) < 4.78 is 1.84. The minimum Gasteiger partial charge on any atom is -0.341 e. The summed E-state index contributed by atoms with van der Waals surface area (Å²) in [5, 5.41) is 0. The fourth-order valence-corrected chi connectivity index (χ4v) is 2.68. The Bertz CT molecular complexity index is 673. The number of aromatic amines is 1. The van der Waals surface area contributed by atoms with Crippen LogP contribution in [-0.4, -0.2) is 38.7 Å². The molecule has 3 rings (SSSR count). The Morgan fingerprint density at radius 2 is 2.30 bits per heavy atom. The molecule has 0 bridgehead atoms. The second kappa shape index (κ2) is 4.90. The van der Waals surface area contributed by atoms with E-state index in [-0.39, 0.29) is 17.6 Å². The second-order valence-corrected chi connectivity index (χ2v) is 5.66. The van der Waals surface area contributed by atoms with Crippen molar-refractivity contribution < 1.29 is 0 Å². The number of nitrogens with one attached hydrogen (secondary N) is 1. The molecule has 1 aliphatic heterocycles. The maximum Gasteiger partial charge on any atom is 0.278 e. The van der Waals surface area contributed by atoms with Crippen LogP contribution in [0.3, 0.4) is 0 Å². The molecule has 7 nitrogen and oxygen atoms in total. The van der Waals surface area contributed by atoms with Crippen LogP contribution in [0.15, 0.2) is 11.1 Å². The molecule has 1 fully saturated rings. The zero-order valence-corrected chi connectivity index (χ0v) is 11.8. The van der Waals surface area contributed by atoms with E-state index in [1.165, 1.54) is 0 Å². The zero-order valence-electron chi connectivity index (χ0n) is 11.8. The van der Waals surface area contributed by atoms with Gasteiger partial charge >= 0.3 is 0 Å². The molecule has 2 aromatic heterocycles. The van der Waals surface area contributed by atoms with E-state index in [4.69, 9.17) is 5.73 Å². The van der Waals surface area contributed by atoms with E-state index < -0.39 is 0 Å². The molecule has 2 aromatic rings. The van der Waals surface area contributed by atoms with E-state index in [0.29, 0.717) is 17.1 Å². The summed E-state index contributed by atoms with van der Waals surface area (Å²) in [7, 11) is 0. The number of anilines is 1. The van der Waals surface area contributed by atoms with Crippen molar-refractivity contribution in [3.63, 3.8) is 0 Å². The van der Waals surface area contributed by atoms with Gasteiger partial charge in [0, 0.05) is 25.2 Å². The number of imidazole rings is 1. The van der Waals surface area contributed by atoms with Crippen LogP contribution in [0.5, 0.6) is 0 Å². The van der Waals surface area contributed by atoms with Gasteiger partial charge in [0.25, 0.3) is 5.56 Å². The molecule has 0 radical (unpaired) electrons. The van der Waals surface area contributed by atoms with Crippen LogP contribution >= 0.6 is 0 Å². The molecule has 1 atom stereocenters. The molecule has 0 unspecified atom stereocenters. The topological polar surface area (TPSA) is 92.8 Å². The summed E-state index contributed by atoms with van der Waals surface area (Å²) in [5.74, 6) is 0.576. The van der Waals surface area contributed by atoms with Crippen molar-refractivity contribution in [2.24, 2.45) is 5.73 Å². The van der Waals surface area contributed by atoms with Crippen molar-refractivity contribution in [1.82, 2.24) is 19.5 Å². The third-order valence-electron chi connectivity index (χ3n) is 3.74. The third-order valence-corrected chi connectivity index (χ3v) is 3.74. The summed E-state index contributed by atoms with van der Waals surface area (Å²) in [6.45, 7) is 5.61. The normalized spacial score (nSPS) is 20.0. The van der Waals surface area contributed by atoms with Gasteiger partial charge in [0.2, 0.25) is 5.95 Å². The zero-order chi connectivity index (χ0) is 14.3. The molecule has 7 heteroatoms. The first-order valence-corrected chi connectivity index (χ1v) is 7.03. The molecule has 0 spiro atoms. The summed E-state index contributed by atoms with van der Waals surface area (Å²) in [6.07, 6.45) is 3.71. The fourth-order valence-electron chi connectivity index (χ4n) is 2.68. The summed E-state index contributed by atoms with van der Waals surface area (Å²) in [5.41, 5.74) is 6.86. The van der Waals surface area contributed by atoms with Crippen molar-refractivity contribution in [3.8, 4) is 0 Å². The number of nitrogens with zero attached hydrogens (tertiary/aromatic N) is 4. The molecule has 108 valence electrons. The van der Waals surface area contributed by atoms with E-state index in [1.54, 1.807) is 6.33 Å². The number of rotatable bonds is 2. The SMILES string of the molecule is CC(C)n1cnc2nc(N3CCC[C@@H](N)C3)[nH]c(=O)c21. The van der Waals surface area contributed by atoms with E-state index in [9.17, 15) is 4.79 Å². The maximum atomic E-state index is 12.3. The number of H-pyrrole nitrogens is 1. The molecule has 3 heterocycles. The number of hydrogen-bond acceptors (Lipinski definition) is 5. The average molecular weight is 276 g/mol. The Kier molecular flexibility index (Phi) is 3.21. The van der Waals surface area contributed by atoms with Crippen LogP contribution < -0.4 is 16.2 Å². The smallest absolute Gasteiger partial charge is 0.278 e. The highest BCUT2D eigenvalue weighted by Gasteiger charge is 2.20. The lowest BCUT2D eigenvalue weighted by atomic mass is 10.1. The largest absolute Gasteiger partial charge is 0.341 e. The second-order valence-electron chi connectivity index (χ2n) is 5.66. The molecule has 0 aliphatic carbocycles. The van der Waals surface area contributed by atoms with Crippen LogP contribution in [0.4, 0.5) is 5.95 Å². The van der Waals surface area contributed by atoms with E-state index in [1.807, 2.05) is 23.3 Å². The van der Waals surface area contributed by atoms with Gasteiger partial charge in [-0.25, -0.2) is 4.98 Å². The first-order valence-electron chi connectivity index (χ1n) is 7.03. The minimum absolute atomic E-state index is 0.137. The highest BCUT2D eigenvalue weighted by atomic mass is 16.1. The molecule has 20 heavy (non-hydrogen) atoms. The summed E-state index contributed by atoms with van der Waals surface area (Å²) >= 11 is 0. The third kappa shape index (κ3) is 2.18. The van der Waals surface area contributed by atoms with Crippen molar-refractivity contribution in [3.05, 3.63) is 16.7 Å². The molecular formula is C13H20N6O. The van der Waals surface area contributed by atoms with Gasteiger partial charge in [-0.2, -0.15) is 4.98 Å². The fraction of sp³-hybridized carbons (Fsp3) is 0.615. The van der Waals surface area contributed by atoms with Gasteiger partial charge in [0.1, 0.15) is 0 Å². The molecule has 0 aromatic carbocycles. The van der Waals surface area contributed by atoms with Crippen molar-refractivity contribution in [2.45, 2.75) is 38.8 Å². The molecule has 3 N–H and O–H groups in total. The van der Waals surface area contributed by atoms with Gasteiger partial charge in [-0.15, -0.1) is 0 Å². The molecule has 1 saturated heterocycles. The van der Waals surface area contributed by atoms with Crippen LogP contribution in [0.25, 0.3) is 11.2 Å². The minimum atomic E-state index is -0.143. The average Bonchev–Trinajstić information content (AvgIpc) is 2.83. The van der Waals surface area contributed by atoms with E-state index >= 15 is 0 Å². The number of piperidine rings is 1. The predicted molar refractivity (Wildman–Crippen MR) is 78.0 cm³/mol. The van der Waals surface area contributed by atoms with Crippen molar-refractivity contribution in [2.75, 3.05) is 18.0 Å². The molecular weight excluding hydrogens is 256 g/mol. The Hall–Kier alpha value is -1.89. The van der Waals surface area contributed by atoms with Crippen molar-refractivity contribution >= 4 is 17.1 Å². The van der Waals surface area contributed by atoms with Gasteiger partial charge in [0.05, 0.1) is 6.33 Å². The molecule has 0 saturated carbocycles. The number of aromatic nitrogens is 4. The highest BCUT2D eigenvalue weighted by molar-refractivity contribution is 5.71. The first-order chi connectivity index (χ1) is 9.56. The summed E-state index contributed by atoms with van der Waals surface area (Å²) in [6, 6.07) is 0.315. The lowest BCUT2D eigenvalue weighted by Crippen LogP contribution is -2.44. The monoisotopic (exact) mass is 276 g/mol. The molecule has 0 amide bonds. The Morgan fingerprint density at radius 1 is 1.50 bits per heavy atom. The highest BCUT2D eigenvalue weighted by Crippen LogP contribution is 2.17.